The molecule has 1 aromatic carbocycles. The number of halogens is 1. The van der Waals surface area contributed by atoms with Crippen LogP contribution in [0.3, 0.4) is 0 Å². The highest BCUT2D eigenvalue weighted by Crippen LogP contribution is 2.26. The highest BCUT2D eigenvalue weighted by molar-refractivity contribution is 14.0. The van der Waals surface area contributed by atoms with Gasteiger partial charge in [0.25, 0.3) is 0 Å². The zero-order chi connectivity index (χ0) is 18.8. The summed E-state index contributed by atoms with van der Waals surface area (Å²) in [5.74, 6) is 2.24. The van der Waals surface area contributed by atoms with E-state index < -0.39 is 0 Å². The zero-order valence-electron chi connectivity index (χ0n) is 16.4. The normalized spacial score (nSPS) is 12.1. The summed E-state index contributed by atoms with van der Waals surface area (Å²) in [6.07, 6.45) is 4.73. The average Bonchev–Trinajstić information content (AvgIpc) is 3.05. The molecule has 0 aliphatic carbocycles. The molecule has 0 bridgehead atoms. The molecule has 1 unspecified atom stereocenters. The Labute approximate surface area is 178 Å². The summed E-state index contributed by atoms with van der Waals surface area (Å²) in [7, 11) is 3.56. The third-order valence-corrected chi connectivity index (χ3v) is 3.71. The van der Waals surface area contributed by atoms with Crippen LogP contribution in [0.2, 0.25) is 0 Å². The van der Waals surface area contributed by atoms with Crippen molar-refractivity contribution in [1.29, 1.82) is 0 Å². The molecule has 1 atom stereocenters. The largest absolute Gasteiger partial charge is 0.493 e. The molecular weight excluding hydrogens is 457 g/mol. The molecule has 0 spiro atoms. The van der Waals surface area contributed by atoms with Gasteiger partial charge in [0.1, 0.15) is 6.10 Å². The Bertz CT molecular complexity index is 705. The van der Waals surface area contributed by atoms with Crippen LogP contribution in [0.5, 0.6) is 11.5 Å². The molecule has 0 aliphatic rings. The van der Waals surface area contributed by atoms with Gasteiger partial charge < -0.3 is 20.1 Å². The van der Waals surface area contributed by atoms with Gasteiger partial charge in [-0.05, 0) is 38.0 Å². The van der Waals surface area contributed by atoms with E-state index in [4.69, 9.17) is 9.47 Å². The van der Waals surface area contributed by atoms with Crippen LogP contribution in [0.1, 0.15) is 19.4 Å². The Morgan fingerprint density at radius 1 is 1.26 bits per heavy atom. The van der Waals surface area contributed by atoms with Crippen molar-refractivity contribution in [2.75, 3.05) is 26.7 Å². The zero-order valence-corrected chi connectivity index (χ0v) is 18.8. The number of aliphatic imine (C=N–C) groups is 1. The number of nitrogens with zero attached hydrogens (tertiary/aromatic N) is 3. The van der Waals surface area contributed by atoms with Crippen LogP contribution in [0.25, 0.3) is 0 Å². The summed E-state index contributed by atoms with van der Waals surface area (Å²) < 4.78 is 13.1. The number of para-hydroxylation sites is 2. The van der Waals surface area contributed by atoms with E-state index in [1.54, 1.807) is 7.11 Å². The van der Waals surface area contributed by atoms with Crippen LogP contribution in [0.4, 0.5) is 0 Å². The Morgan fingerprint density at radius 3 is 2.63 bits per heavy atom. The first-order chi connectivity index (χ1) is 12.6. The van der Waals surface area contributed by atoms with Crippen molar-refractivity contribution in [3.63, 3.8) is 0 Å². The van der Waals surface area contributed by atoms with Crippen molar-refractivity contribution >= 4 is 29.9 Å². The Morgan fingerprint density at radius 2 is 2.00 bits per heavy atom. The number of nitrogens with one attached hydrogen (secondary N) is 2. The second kappa shape index (κ2) is 12.4. The fraction of sp³-hybridized carbons (Fsp3) is 0.474. The van der Waals surface area contributed by atoms with Gasteiger partial charge in [-0.1, -0.05) is 12.1 Å². The summed E-state index contributed by atoms with van der Waals surface area (Å²) in [5.41, 5.74) is 1.20. The Hall–Kier alpha value is -1.97. The summed E-state index contributed by atoms with van der Waals surface area (Å²) in [6, 6.07) is 7.63. The van der Waals surface area contributed by atoms with Crippen LogP contribution < -0.4 is 20.1 Å². The second-order valence-corrected chi connectivity index (χ2v) is 6.00. The van der Waals surface area contributed by atoms with Crippen molar-refractivity contribution in [1.82, 2.24) is 20.4 Å². The van der Waals surface area contributed by atoms with Gasteiger partial charge in [-0.2, -0.15) is 5.10 Å². The van der Waals surface area contributed by atoms with E-state index in [0.29, 0.717) is 6.54 Å². The standard InChI is InChI=1S/C19H29N5O2.HI/c1-5-20-19(21-11-10-16-13-23-24(3)14-16)22-12-15(2)26-18-9-7-6-8-17(18)25-4;/h6-9,13-15H,5,10-12H2,1-4H3,(H2,20,21,22);1H. The number of rotatable bonds is 9. The smallest absolute Gasteiger partial charge is 0.191 e. The van der Waals surface area contributed by atoms with E-state index >= 15 is 0 Å². The molecule has 0 radical (unpaired) electrons. The molecule has 8 heteroatoms. The molecule has 0 saturated heterocycles. The van der Waals surface area contributed by atoms with E-state index in [1.165, 1.54) is 5.56 Å². The number of methoxy groups -OCH3 is 1. The molecule has 1 aromatic heterocycles. The predicted octanol–water partition coefficient (Wildman–Crippen LogP) is 2.61. The monoisotopic (exact) mass is 487 g/mol. The minimum Gasteiger partial charge on any atom is -0.493 e. The first-order valence-electron chi connectivity index (χ1n) is 8.91. The first kappa shape index (κ1) is 23.1. The minimum atomic E-state index is -0.0694. The van der Waals surface area contributed by atoms with Crippen LogP contribution in [-0.2, 0) is 13.5 Å². The lowest BCUT2D eigenvalue weighted by Crippen LogP contribution is -2.39. The van der Waals surface area contributed by atoms with Crippen molar-refractivity contribution in [2.45, 2.75) is 26.4 Å². The predicted molar refractivity (Wildman–Crippen MR) is 119 cm³/mol. The van der Waals surface area contributed by atoms with Crippen molar-refractivity contribution in [2.24, 2.45) is 12.0 Å². The third kappa shape index (κ3) is 8.06. The summed E-state index contributed by atoms with van der Waals surface area (Å²) in [4.78, 5) is 4.61. The molecule has 2 aromatic rings. The number of guanidine groups is 1. The molecule has 150 valence electrons. The van der Waals surface area contributed by atoms with Crippen molar-refractivity contribution < 1.29 is 9.47 Å². The lowest BCUT2D eigenvalue weighted by molar-refractivity contribution is 0.219. The minimum absolute atomic E-state index is 0. The highest BCUT2D eigenvalue weighted by Gasteiger charge is 2.08. The highest BCUT2D eigenvalue weighted by atomic mass is 127. The molecule has 27 heavy (non-hydrogen) atoms. The molecular formula is C19H30IN5O2. The molecule has 0 amide bonds. The number of aromatic nitrogens is 2. The second-order valence-electron chi connectivity index (χ2n) is 6.00. The van der Waals surface area contributed by atoms with E-state index in [2.05, 4.69) is 20.7 Å². The molecule has 1 heterocycles. The van der Waals surface area contributed by atoms with Gasteiger partial charge in [0.2, 0.25) is 0 Å². The molecule has 0 saturated carbocycles. The molecule has 0 aliphatic heterocycles. The van der Waals surface area contributed by atoms with Crippen molar-refractivity contribution in [3.8, 4) is 11.5 Å². The first-order valence-corrected chi connectivity index (χ1v) is 8.91. The topological polar surface area (TPSA) is 72.7 Å². The maximum Gasteiger partial charge on any atom is 0.191 e. The van der Waals surface area contributed by atoms with Crippen molar-refractivity contribution in [3.05, 3.63) is 42.2 Å². The van der Waals surface area contributed by atoms with E-state index in [0.717, 1.165) is 37.0 Å². The van der Waals surface area contributed by atoms with Gasteiger partial charge in [0.05, 0.1) is 19.9 Å². The van der Waals surface area contributed by atoms with Crippen LogP contribution in [0, 0.1) is 0 Å². The summed E-state index contributed by atoms with van der Waals surface area (Å²) >= 11 is 0. The fourth-order valence-corrected chi connectivity index (χ4v) is 2.46. The average molecular weight is 487 g/mol. The summed E-state index contributed by atoms with van der Waals surface area (Å²) in [6.45, 7) is 6.18. The van der Waals surface area contributed by atoms with E-state index in [-0.39, 0.29) is 30.1 Å². The Kier molecular flexibility index (Phi) is 10.6. The molecule has 7 nitrogen and oxygen atoms in total. The number of hydrogen-bond acceptors (Lipinski definition) is 4. The molecule has 0 fully saturated rings. The molecule has 2 rings (SSSR count). The maximum atomic E-state index is 5.94. The molecule has 2 N–H and O–H groups in total. The number of hydrogen-bond donors (Lipinski definition) is 2. The van der Waals surface area contributed by atoms with E-state index in [1.807, 2.05) is 62.2 Å². The number of benzene rings is 1. The third-order valence-electron chi connectivity index (χ3n) is 3.71. The maximum absolute atomic E-state index is 5.94. The van der Waals surface area contributed by atoms with Gasteiger partial charge in [0, 0.05) is 26.3 Å². The van der Waals surface area contributed by atoms with Gasteiger partial charge in [0.15, 0.2) is 17.5 Å². The lowest BCUT2D eigenvalue weighted by Gasteiger charge is -2.16. The van der Waals surface area contributed by atoms with Gasteiger partial charge in [-0.15, -0.1) is 24.0 Å². The lowest BCUT2D eigenvalue weighted by atomic mass is 10.2. The van der Waals surface area contributed by atoms with Crippen LogP contribution >= 0.6 is 24.0 Å². The van der Waals surface area contributed by atoms with E-state index in [9.17, 15) is 0 Å². The van der Waals surface area contributed by atoms with Crippen LogP contribution in [-0.4, -0.2) is 48.6 Å². The quantitative estimate of drug-likeness (QED) is 0.323. The SMILES string of the molecule is CCNC(=NCC(C)Oc1ccccc1OC)NCCc1cnn(C)c1.I. The fourth-order valence-electron chi connectivity index (χ4n) is 2.46. The summed E-state index contributed by atoms with van der Waals surface area (Å²) in [5, 5.41) is 10.8. The van der Waals surface area contributed by atoms with Crippen LogP contribution in [0.15, 0.2) is 41.7 Å². The number of aryl methyl sites for hydroxylation is 1. The van der Waals surface area contributed by atoms with Gasteiger partial charge in [-0.25, -0.2) is 4.99 Å². The van der Waals surface area contributed by atoms with Gasteiger partial charge >= 0.3 is 0 Å². The van der Waals surface area contributed by atoms with Gasteiger partial charge in [-0.3, -0.25) is 4.68 Å². The number of ether oxygens (including phenoxy) is 2. The Balaban J connectivity index is 0.00000364.